The van der Waals surface area contributed by atoms with Gasteiger partial charge in [0.2, 0.25) is 0 Å². The predicted octanol–water partition coefficient (Wildman–Crippen LogP) is 8.49. The fraction of sp³-hybridized carbons (Fsp3) is 0.189. The Morgan fingerprint density at radius 1 is 0.826 bits per heavy atom. The summed E-state index contributed by atoms with van der Waals surface area (Å²) in [5.74, 6) is -0.566. The topological polar surface area (TPSA) is 51.3 Å². The fourth-order valence-electron chi connectivity index (χ4n) is 7.04. The van der Waals surface area contributed by atoms with Gasteiger partial charge in [0.15, 0.2) is 5.58 Å². The second-order valence-electron chi connectivity index (χ2n) is 11.6. The molecule has 6 aromatic rings. The van der Waals surface area contributed by atoms with E-state index < -0.39 is 36.1 Å². The Kier molecular flexibility index (Phi) is 7.69. The molecule has 0 radical (unpaired) electrons. The number of hydrogen-bond acceptors (Lipinski definition) is 4. The van der Waals surface area contributed by atoms with Crippen LogP contribution in [0, 0.1) is 0 Å². The van der Waals surface area contributed by atoms with Crippen LogP contribution in [0.15, 0.2) is 135 Å². The van der Waals surface area contributed by atoms with Crippen molar-refractivity contribution >= 4 is 27.0 Å². The van der Waals surface area contributed by atoms with Gasteiger partial charge in [0.25, 0.3) is 0 Å². The second-order valence-corrected chi connectivity index (χ2v) is 12.6. The average Bonchev–Trinajstić information content (AvgIpc) is 3.40. The zero-order valence-corrected chi connectivity index (χ0v) is 26.4. The highest BCUT2D eigenvalue weighted by Crippen LogP contribution is 2.45. The number of oxazole rings is 1. The van der Waals surface area contributed by atoms with E-state index in [9.17, 15) is 18.0 Å². The summed E-state index contributed by atoms with van der Waals surface area (Å²) in [5.41, 5.74) is 4.20. The zero-order chi connectivity index (χ0) is 32.1. The molecule has 2 atom stereocenters. The average molecular weight is 685 g/mol. The van der Waals surface area contributed by atoms with Crippen LogP contribution in [0.25, 0.3) is 11.1 Å². The van der Waals surface area contributed by atoms with E-state index in [1.54, 1.807) is 35.9 Å². The largest absolute Gasteiger partial charge is 0.421 e. The maximum absolute atomic E-state index is 14.3. The van der Waals surface area contributed by atoms with Crippen molar-refractivity contribution in [3.63, 3.8) is 0 Å². The van der Waals surface area contributed by atoms with Crippen LogP contribution >= 0.6 is 15.9 Å². The summed E-state index contributed by atoms with van der Waals surface area (Å²) in [6, 6.07) is 35.2. The number of alkyl halides is 3. The minimum absolute atomic E-state index is 0.262. The maximum atomic E-state index is 14.3. The Labute approximate surface area is 272 Å². The van der Waals surface area contributed by atoms with E-state index in [-0.39, 0.29) is 6.42 Å². The van der Waals surface area contributed by atoms with Crippen LogP contribution in [0.2, 0.25) is 0 Å². The highest BCUT2D eigenvalue weighted by molar-refractivity contribution is 9.10. The molecule has 9 heteroatoms. The van der Waals surface area contributed by atoms with Crippen LogP contribution in [0.1, 0.15) is 46.5 Å². The molecule has 0 fully saturated rings. The molecule has 232 valence electrons. The molecule has 0 N–H and O–H groups in total. The van der Waals surface area contributed by atoms with Crippen LogP contribution in [-0.4, -0.2) is 33.2 Å². The summed E-state index contributed by atoms with van der Waals surface area (Å²) in [4.78, 5) is 20.3. The minimum atomic E-state index is -4.42. The van der Waals surface area contributed by atoms with Crippen molar-refractivity contribution in [3.05, 3.63) is 170 Å². The molecule has 0 amide bonds. The second kappa shape index (κ2) is 11.7. The number of hydrogen-bond donors (Lipinski definition) is 0. The van der Waals surface area contributed by atoms with E-state index in [0.29, 0.717) is 27.9 Å². The number of rotatable bonds is 6. The van der Waals surface area contributed by atoms with Crippen LogP contribution in [0.4, 0.5) is 13.2 Å². The molecule has 0 aliphatic carbocycles. The quantitative estimate of drug-likeness (QED) is 0.165. The van der Waals surface area contributed by atoms with Crippen molar-refractivity contribution in [2.24, 2.45) is 0 Å². The first-order chi connectivity index (χ1) is 22.2. The standard InChI is InChI=1S/C37H29BrF3N3O2/c1-24-21-30-29(33(43(24)23-36(39,40)41)31-19-17-28(38)22-42-31)18-20-32-34(30)46-35(45)44(32)37(25-11-5-2-6-12-25,26-13-7-3-8-14-26)27-15-9-4-10-16-27/h2-20,22,24,33H,21,23H2,1H3/t24-,33+/m1/s1. The molecule has 3 heterocycles. The lowest BCUT2D eigenvalue weighted by atomic mass is 9.76. The molecule has 7 rings (SSSR count). The Hall–Kier alpha value is -4.47. The lowest BCUT2D eigenvalue weighted by Crippen LogP contribution is -2.47. The van der Waals surface area contributed by atoms with Crippen molar-refractivity contribution in [1.29, 1.82) is 0 Å². The van der Waals surface area contributed by atoms with Gasteiger partial charge in [0.1, 0.15) is 5.54 Å². The molecular weight excluding hydrogens is 655 g/mol. The van der Waals surface area contributed by atoms with E-state index in [1.165, 1.54) is 4.90 Å². The van der Waals surface area contributed by atoms with Gasteiger partial charge in [-0.3, -0.25) is 14.5 Å². The number of halogens is 4. The monoisotopic (exact) mass is 683 g/mol. The molecule has 0 unspecified atom stereocenters. The minimum Gasteiger partial charge on any atom is -0.407 e. The van der Waals surface area contributed by atoms with Crippen molar-refractivity contribution < 1.29 is 17.6 Å². The Balaban J connectivity index is 1.53. The van der Waals surface area contributed by atoms with Gasteiger partial charge in [0, 0.05) is 22.3 Å². The van der Waals surface area contributed by atoms with Gasteiger partial charge < -0.3 is 4.42 Å². The molecule has 0 bridgehead atoms. The number of nitrogens with zero attached hydrogens (tertiary/aromatic N) is 3. The van der Waals surface area contributed by atoms with Crippen LogP contribution < -0.4 is 5.76 Å². The molecular formula is C37H29BrF3N3O2. The van der Waals surface area contributed by atoms with E-state index in [4.69, 9.17) is 4.42 Å². The summed E-state index contributed by atoms with van der Waals surface area (Å²) in [5, 5.41) is 0. The SMILES string of the molecule is C[C@@H]1Cc2c(ccc3c2oc(=O)n3C(c2ccccc2)(c2ccccc2)c2ccccc2)[C@@H](c2ccc(Br)cn2)N1CC(F)(F)F. The van der Waals surface area contributed by atoms with Gasteiger partial charge in [-0.05, 0) is 69.7 Å². The Bertz CT molecular complexity index is 1950. The first kappa shape index (κ1) is 30.2. The lowest BCUT2D eigenvalue weighted by molar-refractivity contribution is -0.155. The van der Waals surface area contributed by atoms with Crippen molar-refractivity contribution in [2.75, 3.05) is 6.54 Å². The van der Waals surface area contributed by atoms with Crippen LogP contribution in [-0.2, 0) is 12.0 Å². The normalized spacial score (nSPS) is 17.2. The first-order valence-electron chi connectivity index (χ1n) is 15.0. The number of aromatic nitrogens is 2. The van der Waals surface area contributed by atoms with Crippen LogP contribution in [0.3, 0.4) is 0 Å². The van der Waals surface area contributed by atoms with Gasteiger partial charge in [-0.2, -0.15) is 13.2 Å². The van der Waals surface area contributed by atoms with E-state index >= 15 is 0 Å². The zero-order valence-electron chi connectivity index (χ0n) is 24.8. The third-order valence-electron chi connectivity index (χ3n) is 8.88. The van der Waals surface area contributed by atoms with Crippen molar-refractivity contribution in [3.8, 4) is 0 Å². The van der Waals surface area contributed by atoms with Gasteiger partial charge in [-0.1, -0.05) is 97.1 Å². The number of pyridine rings is 1. The molecule has 1 aliphatic rings. The summed E-state index contributed by atoms with van der Waals surface area (Å²) in [7, 11) is 0. The summed E-state index contributed by atoms with van der Waals surface area (Å²) in [6.45, 7) is 0.675. The molecule has 0 spiro atoms. The van der Waals surface area contributed by atoms with Crippen molar-refractivity contribution in [2.45, 2.75) is 37.1 Å². The smallest absolute Gasteiger partial charge is 0.407 e. The highest BCUT2D eigenvalue weighted by Gasteiger charge is 2.45. The van der Waals surface area contributed by atoms with E-state index in [0.717, 1.165) is 21.2 Å². The molecule has 0 saturated heterocycles. The van der Waals surface area contributed by atoms with Gasteiger partial charge in [0.05, 0.1) is 23.8 Å². The third kappa shape index (κ3) is 5.08. The lowest BCUT2D eigenvalue weighted by Gasteiger charge is -2.42. The first-order valence-corrected chi connectivity index (χ1v) is 15.8. The molecule has 0 saturated carbocycles. The molecule has 2 aromatic heterocycles. The number of fused-ring (bicyclic) bond motifs is 3. The van der Waals surface area contributed by atoms with Gasteiger partial charge in [-0.15, -0.1) is 0 Å². The van der Waals surface area contributed by atoms with Gasteiger partial charge in [-0.25, -0.2) is 4.79 Å². The Morgan fingerprint density at radius 3 is 1.89 bits per heavy atom. The maximum Gasteiger partial charge on any atom is 0.421 e. The Morgan fingerprint density at radius 2 is 1.39 bits per heavy atom. The molecule has 46 heavy (non-hydrogen) atoms. The van der Waals surface area contributed by atoms with E-state index in [2.05, 4.69) is 20.9 Å². The summed E-state index contributed by atoms with van der Waals surface area (Å²) in [6.07, 6.45) is -2.57. The third-order valence-corrected chi connectivity index (χ3v) is 9.35. The summed E-state index contributed by atoms with van der Waals surface area (Å²) < 4.78 is 50.4. The fourth-order valence-corrected chi connectivity index (χ4v) is 7.27. The van der Waals surface area contributed by atoms with Crippen LogP contribution in [0.5, 0.6) is 0 Å². The molecule has 5 nitrogen and oxygen atoms in total. The van der Waals surface area contributed by atoms with E-state index in [1.807, 2.05) is 97.1 Å². The molecule has 4 aromatic carbocycles. The molecule has 1 aliphatic heterocycles. The van der Waals surface area contributed by atoms with Gasteiger partial charge >= 0.3 is 11.9 Å². The summed E-state index contributed by atoms with van der Waals surface area (Å²) >= 11 is 3.39. The highest BCUT2D eigenvalue weighted by atomic mass is 79.9. The predicted molar refractivity (Wildman–Crippen MR) is 175 cm³/mol. The van der Waals surface area contributed by atoms with Crippen molar-refractivity contribution in [1.82, 2.24) is 14.5 Å². The number of benzene rings is 4.